The normalized spacial score (nSPS) is 18.2. The van der Waals surface area contributed by atoms with E-state index in [9.17, 15) is 19.5 Å². The number of carbonyl (C=O) groups excluding carboxylic acids is 2. The highest BCUT2D eigenvalue weighted by molar-refractivity contribution is 8.00. The predicted molar refractivity (Wildman–Crippen MR) is 127 cm³/mol. The summed E-state index contributed by atoms with van der Waals surface area (Å²) in [6.07, 6.45) is -0.337. The quantitative estimate of drug-likeness (QED) is 0.643. The predicted octanol–water partition coefficient (Wildman–Crippen LogP) is 3.72. The molecule has 2 aromatic rings. The summed E-state index contributed by atoms with van der Waals surface area (Å²) in [5, 5.41) is 12.1. The molecule has 2 N–H and O–H groups in total. The number of aliphatic carboxylic acids is 1. The fourth-order valence-corrected chi connectivity index (χ4v) is 5.72. The Labute approximate surface area is 197 Å². The van der Waals surface area contributed by atoms with E-state index in [1.54, 1.807) is 4.90 Å². The maximum Gasteiger partial charge on any atom is 0.407 e. The van der Waals surface area contributed by atoms with E-state index in [4.69, 9.17) is 4.74 Å². The average molecular weight is 469 g/mol. The van der Waals surface area contributed by atoms with Crippen LogP contribution in [-0.2, 0) is 14.3 Å². The van der Waals surface area contributed by atoms with E-state index in [0.717, 1.165) is 34.4 Å². The molecule has 0 radical (unpaired) electrons. The zero-order chi connectivity index (χ0) is 23.4. The van der Waals surface area contributed by atoms with Gasteiger partial charge in [0.25, 0.3) is 0 Å². The number of hydrogen-bond acceptors (Lipinski definition) is 5. The van der Waals surface area contributed by atoms with Crippen LogP contribution in [0.1, 0.15) is 36.8 Å². The molecule has 2 amide bonds. The third kappa shape index (κ3) is 5.16. The van der Waals surface area contributed by atoms with Crippen molar-refractivity contribution in [3.63, 3.8) is 0 Å². The summed E-state index contributed by atoms with van der Waals surface area (Å²) in [5.41, 5.74) is 4.41. The van der Waals surface area contributed by atoms with Crippen LogP contribution in [0.15, 0.2) is 48.5 Å². The molecule has 2 atom stereocenters. The molecule has 33 heavy (non-hydrogen) atoms. The molecule has 7 nitrogen and oxygen atoms in total. The highest BCUT2D eigenvalue weighted by atomic mass is 32.2. The summed E-state index contributed by atoms with van der Waals surface area (Å²) >= 11 is 1.81. The fraction of sp³-hybridized carbons (Fsp3) is 0.400. The number of fused-ring (bicyclic) bond motifs is 3. The van der Waals surface area contributed by atoms with Gasteiger partial charge in [0.2, 0.25) is 5.91 Å². The van der Waals surface area contributed by atoms with Crippen molar-refractivity contribution in [3.8, 4) is 11.1 Å². The van der Waals surface area contributed by atoms with Gasteiger partial charge in [0.05, 0.1) is 6.42 Å². The Morgan fingerprint density at radius 1 is 1.12 bits per heavy atom. The van der Waals surface area contributed by atoms with Gasteiger partial charge in [-0.05, 0) is 28.7 Å². The van der Waals surface area contributed by atoms with Gasteiger partial charge in [-0.25, -0.2) is 4.79 Å². The molecule has 0 saturated carbocycles. The molecule has 1 saturated heterocycles. The molecular weight excluding hydrogens is 440 g/mol. The summed E-state index contributed by atoms with van der Waals surface area (Å²) in [6.45, 7) is 3.27. The largest absolute Gasteiger partial charge is 0.481 e. The van der Waals surface area contributed by atoms with E-state index in [1.165, 1.54) is 0 Å². The van der Waals surface area contributed by atoms with Crippen LogP contribution in [0.25, 0.3) is 11.1 Å². The van der Waals surface area contributed by atoms with Gasteiger partial charge in [-0.15, -0.1) is 0 Å². The third-order valence-corrected chi connectivity index (χ3v) is 7.59. The number of thioether (sulfide) groups is 1. The minimum Gasteiger partial charge on any atom is -0.481 e. The summed E-state index contributed by atoms with van der Waals surface area (Å²) in [6, 6.07) is 14.9. The van der Waals surface area contributed by atoms with Crippen LogP contribution in [0.2, 0.25) is 0 Å². The second-order valence-corrected chi connectivity index (χ2v) is 9.71. The molecule has 1 aliphatic carbocycles. The van der Waals surface area contributed by atoms with Crippen LogP contribution in [0.5, 0.6) is 0 Å². The van der Waals surface area contributed by atoms with Gasteiger partial charge >= 0.3 is 12.1 Å². The number of amides is 2. The number of carboxylic acid groups (broad SMARTS) is 1. The standard InChI is InChI=1S/C25H28N2O5S/c1-2-16-14-27(11-12-33-16)24(30)22(13-23(28)29)26-25(31)32-15-21-19-9-5-3-7-17(19)18-8-4-6-10-20(18)21/h3-10,16,21-22H,2,11-15H2,1H3,(H,26,31)(H,28,29). The third-order valence-electron chi connectivity index (χ3n) is 6.22. The number of nitrogens with zero attached hydrogens (tertiary/aromatic N) is 1. The minimum absolute atomic E-state index is 0.103. The lowest BCUT2D eigenvalue weighted by molar-refractivity contribution is -0.142. The topological polar surface area (TPSA) is 95.9 Å². The number of ether oxygens (including phenoxy) is 1. The van der Waals surface area contributed by atoms with E-state index in [1.807, 2.05) is 48.2 Å². The fourth-order valence-electron chi connectivity index (χ4n) is 4.54. The molecule has 1 aliphatic heterocycles. The number of carboxylic acids is 1. The van der Waals surface area contributed by atoms with Crippen LogP contribution in [0, 0.1) is 0 Å². The highest BCUT2D eigenvalue weighted by Gasteiger charge is 2.33. The minimum atomic E-state index is -1.15. The number of hydrogen-bond donors (Lipinski definition) is 2. The van der Waals surface area contributed by atoms with E-state index in [0.29, 0.717) is 18.3 Å². The van der Waals surface area contributed by atoms with Gasteiger partial charge in [-0.1, -0.05) is 55.5 Å². The van der Waals surface area contributed by atoms with Gasteiger partial charge in [0, 0.05) is 30.0 Å². The van der Waals surface area contributed by atoms with E-state index >= 15 is 0 Å². The molecule has 1 fully saturated rings. The first-order valence-electron chi connectivity index (χ1n) is 11.2. The van der Waals surface area contributed by atoms with Crippen molar-refractivity contribution in [2.24, 2.45) is 0 Å². The van der Waals surface area contributed by atoms with Crippen molar-refractivity contribution in [1.82, 2.24) is 10.2 Å². The summed E-state index contributed by atoms with van der Waals surface area (Å²) in [7, 11) is 0. The Balaban J connectivity index is 1.42. The molecular formula is C25H28N2O5S. The molecule has 2 unspecified atom stereocenters. The Kier molecular flexibility index (Phi) is 7.23. The smallest absolute Gasteiger partial charge is 0.407 e. The summed E-state index contributed by atoms with van der Waals surface area (Å²) in [5.74, 6) is -0.828. The van der Waals surface area contributed by atoms with Gasteiger partial charge < -0.3 is 20.1 Å². The van der Waals surface area contributed by atoms with Crippen LogP contribution in [0.3, 0.4) is 0 Å². The Morgan fingerprint density at radius 2 is 1.76 bits per heavy atom. The van der Waals surface area contributed by atoms with Crippen molar-refractivity contribution in [2.45, 2.75) is 37.0 Å². The number of rotatable bonds is 7. The Hall–Kier alpha value is -3.00. The molecule has 2 aromatic carbocycles. The lowest BCUT2D eigenvalue weighted by Gasteiger charge is -2.34. The summed E-state index contributed by atoms with van der Waals surface area (Å²) < 4.78 is 5.51. The molecule has 174 valence electrons. The number of carbonyl (C=O) groups is 3. The molecule has 0 aromatic heterocycles. The Morgan fingerprint density at radius 3 is 2.36 bits per heavy atom. The monoisotopic (exact) mass is 468 g/mol. The molecule has 0 bridgehead atoms. The first kappa shape index (κ1) is 23.2. The van der Waals surface area contributed by atoms with Crippen molar-refractivity contribution < 1.29 is 24.2 Å². The maximum atomic E-state index is 13.0. The first-order valence-corrected chi connectivity index (χ1v) is 12.3. The second kappa shape index (κ2) is 10.3. The molecule has 2 aliphatic rings. The van der Waals surface area contributed by atoms with Crippen molar-refractivity contribution in [3.05, 3.63) is 59.7 Å². The zero-order valence-corrected chi connectivity index (χ0v) is 19.3. The molecule has 4 rings (SSSR count). The SMILES string of the molecule is CCC1CN(C(=O)C(CC(=O)O)NC(=O)OCC2c3ccccc3-c3ccccc32)CCS1. The molecule has 0 spiro atoms. The first-order chi connectivity index (χ1) is 16.0. The van der Waals surface area contributed by atoms with E-state index in [2.05, 4.69) is 24.4 Å². The van der Waals surface area contributed by atoms with Crippen LogP contribution in [-0.4, -0.2) is 64.7 Å². The van der Waals surface area contributed by atoms with Crippen LogP contribution >= 0.6 is 11.8 Å². The number of benzene rings is 2. The second-order valence-electron chi connectivity index (χ2n) is 8.31. The highest BCUT2D eigenvalue weighted by Crippen LogP contribution is 2.44. The van der Waals surface area contributed by atoms with E-state index in [-0.39, 0.29) is 18.4 Å². The Bertz CT molecular complexity index is 997. The van der Waals surface area contributed by atoms with Gasteiger partial charge in [-0.3, -0.25) is 9.59 Å². The van der Waals surface area contributed by atoms with Gasteiger partial charge in [0.1, 0.15) is 12.6 Å². The summed E-state index contributed by atoms with van der Waals surface area (Å²) in [4.78, 5) is 38.7. The van der Waals surface area contributed by atoms with Gasteiger partial charge in [-0.2, -0.15) is 11.8 Å². The number of alkyl carbamates (subject to hydrolysis) is 1. The van der Waals surface area contributed by atoms with E-state index < -0.39 is 24.5 Å². The van der Waals surface area contributed by atoms with Crippen molar-refractivity contribution >= 4 is 29.7 Å². The maximum absolute atomic E-state index is 13.0. The van der Waals surface area contributed by atoms with Crippen LogP contribution < -0.4 is 5.32 Å². The average Bonchev–Trinajstić information content (AvgIpc) is 3.15. The lowest BCUT2D eigenvalue weighted by Crippen LogP contribution is -2.53. The molecule has 8 heteroatoms. The number of nitrogens with one attached hydrogen (secondary N) is 1. The van der Waals surface area contributed by atoms with Crippen LogP contribution in [0.4, 0.5) is 4.79 Å². The van der Waals surface area contributed by atoms with Crippen molar-refractivity contribution in [1.29, 1.82) is 0 Å². The van der Waals surface area contributed by atoms with Crippen molar-refractivity contribution in [2.75, 3.05) is 25.4 Å². The zero-order valence-electron chi connectivity index (χ0n) is 18.5. The molecule has 1 heterocycles. The lowest BCUT2D eigenvalue weighted by atomic mass is 9.98. The van der Waals surface area contributed by atoms with Gasteiger partial charge in [0.15, 0.2) is 0 Å².